The van der Waals surface area contributed by atoms with Gasteiger partial charge in [0.25, 0.3) is 0 Å². The van der Waals surface area contributed by atoms with E-state index in [2.05, 4.69) is 20.4 Å². The van der Waals surface area contributed by atoms with Crippen LogP contribution >= 0.6 is 0 Å². The van der Waals surface area contributed by atoms with Crippen molar-refractivity contribution in [1.82, 2.24) is 29.9 Å². The van der Waals surface area contributed by atoms with E-state index in [9.17, 15) is 4.79 Å². The average molecular weight is 322 g/mol. The minimum Gasteiger partial charge on any atom is -0.336 e. The molecule has 0 saturated heterocycles. The summed E-state index contributed by atoms with van der Waals surface area (Å²) in [4.78, 5) is 14.5. The smallest absolute Gasteiger partial charge is 0.246 e. The summed E-state index contributed by atoms with van der Waals surface area (Å²) >= 11 is 0. The summed E-state index contributed by atoms with van der Waals surface area (Å²) < 4.78 is 1.94. The lowest BCUT2D eigenvalue weighted by atomic mass is 10.0. The van der Waals surface area contributed by atoms with Gasteiger partial charge >= 0.3 is 0 Å². The Kier molecular flexibility index (Phi) is 3.41. The average Bonchev–Trinajstić information content (AvgIpc) is 3.18. The summed E-state index contributed by atoms with van der Waals surface area (Å²) in [6.45, 7) is 2.39. The van der Waals surface area contributed by atoms with Gasteiger partial charge in [-0.25, -0.2) is 0 Å². The highest BCUT2D eigenvalue weighted by Gasteiger charge is 2.35. The number of hydrogen-bond acceptors (Lipinski definition) is 4. The first-order valence-electron chi connectivity index (χ1n) is 7.88. The summed E-state index contributed by atoms with van der Waals surface area (Å²) in [7, 11) is 1.80. The Morgan fingerprint density at radius 2 is 2.04 bits per heavy atom. The van der Waals surface area contributed by atoms with Gasteiger partial charge in [-0.05, 0) is 18.6 Å². The largest absolute Gasteiger partial charge is 0.336 e. The van der Waals surface area contributed by atoms with Gasteiger partial charge in [0.2, 0.25) is 5.91 Å². The van der Waals surface area contributed by atoms with E-state index in [0.717, 1.165) is 17.1 Å². The number of nitrogens with one attached hydrogen (secondary N) is 1. The molecule has 0 aliphatic carbocycles. The Hall–Kier alpha value is -2.96. The molecule has 0 radical (unpaired) electrons. The molecule has 122 valence electrons. The number of carbonyl (C=O) groups is 1. The SMILES string of the molecule is Cc1cc(-c2nnc3n2[C@H](Cc2ccccc2)C(=O)N(C)C3)n[nH]1. The van der Waals surface area contributed by atoms with Gasteiger partial charge in [0.1, 0.15) is 11.7 Å². The van der Waals surface area contributed by atoms with Gasteiger partial charge in [0.15, 0.2) is 11.6 Å². The molecule has 7 nitrogen and oxygen atoms in total. The Morgan fingerprint density at radius 3 is 2.75 bits per heavy atom. The number of aromatic amines is 1. The number of H-pyrrole nitrogens is 1. The standard InChI is InChI=1S/C17H18N6O/c1-11-8-13(19-18-11)16-21-20-15-10-22(2)17(24)14(23(15)16)9-12-6-4-3-5-7-12/h3-8,14H,9-10H2,1-2H3,(H,18,19)/t14-/m1/s1. The Labute approximate surface area is 139 Å². The van der Waals surface area contributed by atoms with Crippen LogP contribution in [0.1, 0.15) is 23.1 Å². The summed E-state index contributed by atoms with van der Waals surface area (Å²) in [6.07, 6.45) is 0.603. The summed E-state index contributed by atoms with van der Waals surface area (Å²) in [6, 6.07) is 11.6. The fourth-order valence-electron chi connectivity index (χ4n) is 3.14. The molecule has 0 unspecified atom stereocenters. The molecule has 7 heteroatoms. The van der Waals surface area contributed by atoms with E-state index in [1.807, 2.05) is 47.9 Å². The molecule has 0 spiro atoms. The van der Waals surface area contributed by atoms with Crippen molar-refractivity contribution in [2.75, 3.05) is 7.05 Å². The number of hydrogen-bond donors (Lipinski definition) is 1. The predicted octanol–water partition coefficient (Wildman–Crippen LogP) is 1.73. The Bertz CT molecular complexity index is 882. The second-order valence-corrected chi connectivity index (χ2v) is 6.15. The number of carbonyl (C=O) groups excluding carboxylic acids is 1. The van der Waals surface area contributed by atoms with Crippen molar-refractivity contribution >= 4 is 5.91 Å². The van der Waals surface area contributed by atoms with E-state index in [4.69, 9.17) is 0 Å². The second-order valence-electron chi connectivity index (χ2n) is 6.15. The van der Waals surface area contributed by atoms with Gasteiger partial charge in [0.05, 0.1) is 6.54 Å². The first-order valence-corrected chi connectivity index (χ1v) is 7.88. The molecule has 1 aliphatic rings. The van der Waals surface area contributed by atoms with Crippen molar-refractivity contribution in [3.8, 4) is 11.5 Å². The van der Waals surface area contributed by atoms with Gasteiger partial charge in [0, 0.05) is 19.2 Å². The molecule has 1 N–H and O–H groups in total. The maximum absolute atomic E-state index is 12.8. The fraction of sp³-hybridized carbons (Fsp3) is 0.294. The summed E-state index contributed by atoms with van der Waals surface area (Å²) in [5, 5.41) is 15.8. The quantitative estimate of drug-likeness (QED) is 0.796. The highest BCUT2D eigenvalue weighted by Crippen LogP contribution is 2.29. The first kappa shape index (κ1) is 14.6. The van der Waals surface area contributed by atoms with Crippen LogP contribution < -0.4 is 0 Å². The van der Waals surface area contributed by atoms with Crippen molar-refractivity contribution in [3.05, 3.63) is 53.5 Å². The van der Waals surface area contributed by atoms with Gasteiger partial charge in [-0.2, -0.15) is 5.10 Å². The van der Waals surface area contributed by atoms with Gasteiger partial charge < -0.3 is 4.90 Å². The molecule has 0 saturated carbocycles. The van der Waals surface area contributed by atoms with Gasteiger partial charge in [-0.1, -0.05) is 30.3 Å². The van der Waals surface area contributed by atoms with E-state index >= 15 is 0 Å². The molecule has 2 aromatic heterocycles. The van der Waals surface area contributed by atoms with Crippen molar-refractivity contribution in [3.63, 3.8) is 0 Å². The van der Waals surface area contributed by atoms with Crippen LogP contribution in [0, 0.1) is 6.92 Å². The minimum atomic E-state index is -0.358. The zero-order valence-electron chi connectivity index (χ0n) is 13.6. The van der Waals surface area contributed by atoms with E-state index < -0.39 is 0 Å². The van der Waals surface area contributed by atoms with Crippen LogP contribution in [0.15, 0.2) is 36.4 Å². The van der Waals surface area contributed by atoms with Crippen molar-refractivity contribution in [2.45, 2.75) is 25.9 Å². The number of aryl methyl sites for hydroxylation is 1. The molecular formula is C17H18N6O. The molecule has 0 fully saturated rings. The van der Waals surface area contributed by atoms with Crippen LogP contribution in [0.4, 0.5) is 0 Å². The normalized spacial score (nSPS) is 17.2. The lowest BCUT2D eigenvalue weighted by molar-refractivity contribution is -0.135. The third-order valence-corrected chi connectivity index (χ3v) is 4.32. The number of nitrogens with zero attached hydrogens (tertiary/aromatic N) is 5. The number of rotatable bonds is 3. The third-order valence-electron chi connectivity index (χ3n) is 4.32. The number of likely N-dealkylation sites (N-methyl/N-ethyl adjacent to an activating group) is 1. The topological polar surface area (TPSA) is 79.7 Å². The van der Waals surface area contributed by atoms with Crippen molar-refractivity contribution in [1.29, 1.82) is 0 Å². The molecule has 1 aromatic carbocycles. The maximum Gasteiger partial charge on any atom is 0.246 e. The van der Waals surface area contributed by atoms with E-state index in [1.165, 1.54) is 0 Å². The molecule has 24 heavy (non-hydrogen) atoms. The Morgan fingerprint density at radius 1 is 1.25 bits per heavy atom. The Balaban J connectivity index is 1.80. The maximum atomic E-state index is 12.8. The molecule has 1 aliphatic heterocycles. The van der Waals surface area contributed by atoms with Crippen LogP contribution in [0.3, 0.4) is 0 Å². The van der Waals surface area contributed by atoms with Crippen LogP contribution in [0.5, 0.6) is 0 Å². The van der Waals surface area contributed by atoms with Crippen molar-refractivity contribution < 1.29 is 4.79 Å². The number of benzene rings is 1. The molecule has 1 atom stereocenters. The van der Waals surface area contributed by atoms with E-state index in [1.54, 1.807) is 11.9 Å². The highest BCUT2D eigenvalue weighted by atomic mass is 16.2. The lowest BCUT2D eigenvalue weighted by Crippen LogP contribution is -2.41. The zero-order chi connectivity index (χ0) is 16.7. The predicted molar refractivity (Wildman–Crippen MR) is 88.0 cm³/mol. The molecule has 4 rings (SSSR count). The number of amides is 1. The first-order chi connectivity index (χ1) is 11.6. The molecule has 0 bridgehead atoms. The number of aromatic nitrogens is 5. The van der Waals surface area contributed by atoms with Crippen LogP contribution in [-0.4, -0.2) is 42.8 Å². The molecule has 3 heterocycles. The molecule has 1 amide bonds. The third kappa shape index (κ3) is 2.38. The summed E-state index contributed by atoms with van der Waals surface area (Å²) in [5.74, 6) is 1.49. The zero-order valence-corrected chi connectivity index (χ0v) is 13.6. The monoisotopic (exact) mass is 322 g/mol. The number of fused-ring (bicyclic) bond motifs is 1. The highest BCUT2D eigenvalue weighted by molar-refractivity contribution is 5.82. The van der Waals surface area contributed by atoms with Gasteiger partial charge in [-0.15, -0.1) is 10.2 Å². The van der Waals surface area contributed by atoms with Crippen LogP contribution in [0.25, 0.3) is 11.5 Å². The second kappa shape index (κ2) is 5.59. The fourth-order valence-corrected chi connectivity index (χ4v) is 3.14. The van der Waals surface area contributed by atoms with Gasteiger partial charge in [-0.3, -0.25) is 14.5 Å². The molecule has 3 aromatic rings. The minimum absolute atomic E-state index is 0.0691. The van der Waals surface area contributed by atoms with Crippen LogP contribution in [-0.2, 0) is 17.8 Å². The van der Waals surface area contributed by atoms with E-state index in [0.29, 0.717) is 24.5 Å². The van der Waals surface area contributed by atoms with E-state index in [-0.39, 0.29) is 11.9 Å². The van der Waals surface area contributed by atoms with Crippen LogP contribution in [0.2, 0.25) is 0 Å². The molecular weight excluding hydrogens is 304 g/mol. The lowest BCUT2D eigenvalue weighted by Gasteiger charge is -2.31. The summed E-state index contributed by atoms with van der Waals surface area (Å²) in [5.41, 5.74) is 2.76. The van der Waals surface area contributed by atoms with Crippen molar-refractivity contribution in [2.24, 2.45) is 0 Å².